The quantitative estimate of drug-likeness (QED) is 0.111. The van der Waals surface area contributed by atoms with Gasteiger partial charge in [0.05, 0.1) is 23.3 Å². The second-order valence-electron chi connectivity index (χ2n) is 11.0. The Labute approximate surface area is 271 Å². The van der Waals surface area contributed by atoms with E-state index in [9.17, 15) is 37.4 Å². The Balaban J connectivity index is 1.22. The molecular formula is C28H37ClN5O8PS2. The number of amides is 2. The zero-order chi connectivity index (χ0) is 32.8. The third-order valence-electron chi connectivity index (χ3n) is 7.51. The van der Waals surface area contributed by atoms with E-state index >= 15 is 0 Å². The normalized spacial score (nSPS) is 19.8. The number of carboxylic acids is 1. The number of likely N-dealkylation sites (tertiary alicyclic amines) is 1. The first kappa shape index (κ1) is 35.2. The van der Waals surface area contributed by atoms with Crippen LogP contribution in [0.4, 0.5) is 5.69 Å². The Morgan fingerprint density at radius 2 is 1.91 bits per heavy atom. The maximum absolute atomic E-state index is 13.0. The molecule has 0 spiro atoms. The van der Waals surface area contributed by atoms with Gasteiger partial charge in [-0.2, -0.15) is 0 Å². The molecule has 0 radical (unpaired) electrons. The Kier molecular flexibility index (Phi) is 12.0. The molecule has 3 atom stereocenters. The molecule has 2 aromatic carbocycles. The Bertz CT molecular complexity index is 1570. The molecule has 246 valence electrons. The van der Waals surface area contributed by atoms with Gasteiger partial charge in [0.25, 0.3) is 0 Å². The molecule has 45 heavy (non-hydrogen) atoms. The van der Waals surface area contributed by atoms with Gasteiger partial charge in [0.2, 0.25) is 29.2 Å². The lowest BCUT2D eigenvalue weighted by atomic mass is 10.2. The van der Waals surface area contributed by atoms with Crippen molar-refractivity contribution < 1.29 is 37.4 Å². The predicted molar refractivity (Wildman–Crippen MR) is 172 cm³/mol. The first-order chi connectivity index (χ1) is 21.3. The highest BCUT2D eigenvalue weighted by molar-refractivity contribution is 7.97. The molecule has 1 fully saturated rings. The van der Waals surface area contributed by atoms with E-state index in [1.54, 1.807) is 11.4 Å². The monoisotopic (exact) mass is 701 g/mol. The van der Waals surface area contributed by atoms with Crippen LogP contribution in [0.15, 0.2) is 52.3 Å². The van der Waals surface area contributed by atoms with Crippen LogP contribution in [0.5, 0.6) is 0 Å². The van der Waals surface area contributed by atoms with Crippen LogP contribution in [0.25, 0.3) is 0 Å². The molecule has 13 nitrogen and oxygen atoms in total. The number of hydrogen-bond donors (Lipinski definition) is 5. The van der Waals surface area contributed by atoms with Gasteiger partial charge in [-0.25, -0.2) is 22.2 Å². The van der Waals surface area contributed by atoms with E-state index in [1.807, 2.05) is 30.3 Å². The number of unbranched alkanes of at least 4 members (excludes halogenated alkanes) is 1. The molecule has 4 rings (SSSR count). The highest BCUT2D eigenvalue weighted by Gasteiger charge is 2.36. The summed E-state index contributed by atoms with van der Waals surface area (Å²) < 4.78 is 42.9. The molecule has 5 N–H and O–H groups in total. The van der Waals surface area contributed by atoms with Crippen LogP contribution in [0.1, 0.15) is 37.7 Å². The number of nitrogens with zero attached hydrogens (tertiary/aromatic N) is 2. The van der Waals surface area contributed by atoms with E-state index in [4.69, 9.17) is 11.6 Å². The van der Waals surface area contributed by atoms with Gasteiger partial charge in [-0.05, 0) is 62.4 Å². The molecule has 2 aliphatic rings. The summed E-state index contributed by atoms with van der Waals surface area (Å²) in [5, 5.41) is 15.3. The summed E-state index contributed by atoms with van der Waals surface area (Å²) in [4.78, 5) is 48.4. The highest BCUT2D eigenvalue weighted by Crippen LogP contribution is 2.42. The fourth-order valence-corrected chi connectivity index (χ4v) is 9.19. The van der Waals surface area contributed by atoms with E-state index < -0.39 is 47.6 Å². The molecule has 2 heterocycles. The van der Waals surface area contributed by atoms with Gasteiger partial charge in [-0.15, -0.1) is 0 Å². The molecule has 0 aliphatic carbocycles. The molecule has 2 aliphatic heterocycles. The number of halogens is 1. The number of carboxylic acid groups (broad SMARTS) is 1. The first-order valence-electron chi connectivity index (χ1n) is 14.4. The molecule has 0 saturated carbocycles. The van der Waals surface area contributed by atoms with Crippen molar-refractivity contribution >= 4 is 64.4 Å². The SMILES string of the molecule is CN1Sc2cc(S(=O)(=O)NCc3ccccc3)c(Cl)cc2N[C@@H]1CC(=O)NCCCCP(=O)(O)CC(=O)N1CCCC1C(=O)O. The third kappa shape index (κ3) is 9.67. The van der Waals surface area contributed by atoms with E-state index in [2.05, 4.69) is 15.4 Å². The Hall–Kier alpha value is -2.65. The van der Waals surface area contributed by atoms with Crippen LogP contribution in [0.3, 0.4) is 0 Å². The lowest BCUT2D eigenvalue weighted by Gasteiger charge is -2.34. The summed E-state index contributed by atoms with van der Waals surface area (Å²) in [5.74, 6) is -1.99. The molecule has 2 unspecified atom stereocenters. The molecule has 0 aromatic heterocycles. The summed E-state index contributed by atoms with van der Waals surface area (Å²) in [6.07, 6.45) is 0.557. The second kappa shape index (κ2) is 15.3. The number of nitrogens with one attached hydrogen (secondary N) is 3. The van der Waals surface area contributed by atoms with Crippen LogP contribution in [-0.2, 0) is 35.5 Å². The van der Waals surface area contributed by atoms with Crippen molar-refractivity contribution in [2.75, 3.05) is 37.8 Å². The third-order valence-corrected chi connectivity index (χ3v) is 12.2. The fraction of sp³-hybridized carbons (Fsp3) is 0.464. The molecule has 2 amide bonds. The lowest BCUT2D eigenvalue weighted by molar-refractivity contribution is -0.147. The summed E-state index contributed by atoms with van der Waals surface area (Å²) in [6.45, 7) is 0.647. The van der Waals surface area contributed by atoms with Crippen LogP contribution in [-0.4, -0.2) is 90.1 Å². The summed E-state index contributed by atoms with van der Waals surface area (Å²) in [5.41, 5.74) is 1.40. The predicted octanol–water partition coefficient (Wildman–Crippen LogP) is 3.14. The van der Waals surface area contributed by atoms with Crippen molar-refractivity contribution in [3.05, 3.63) is 53.1 Å². The molecule has 0 bridgehead atoms. The average molecular weight is 702 g/mol. The number of fused-ring (bicyclic) bond motifs is 1. The Morgan fingerprint density at radius 3 is 2.62 bits per heavy atom. The van der Waals surface area contributed by atoms with Gasteiger partial charge in [0.1, 0.15) is 17.1 Å². The minimum Gasteiger partial charge on any atom is -0.480 e. The topological polar surface area (TPSA) is 185 Å². The maximum Gasteiger partial charge on any atom is 0.326 e. The zero-order valence-corrected chi connectivity index (χ0v) is 27.9. The van der Waals surface area contributed by atoms with E-state index in [-0.39, 0.29) is 48.0 Å². The van der Waals surface area contributed by atoms with Crippen molar-refractivity contribution in [2.45, 2.75) is 60.6 Å². The van der Waals surface area contributed by atoms with Crippen LogP contribution in [0, 0.1) is 0 Å². The van der Waals surface area contributed by atoms with E-state index in [0.717, 1.165) is 10.5 Å². The van der Waals surface area contributed by atoms with Gasteiger partial charge < -0.3 is 25.5 Å². The first-order valence-corrected chi connectivity index (χ1v) is 19.1. The highest BCUT2D eigenvalue weighted by atomic mass is 35.5. The summed E-state index contributed by atoms with van der Waals surface area (Å²) in [6, 6.07) is 11.2. The number of sulfonamides is 1. The van der Waals surface area contributed by atoms with Crippen LogP contribution >= 0.6 is 30.9 Å². The number of anilines is 1. The minimum absolute atomic E-state index is 0.0418. The number of rotatable bonds is 14. The molecular weight excluding hydrogens is 665 g/mol. The molecule has 17 heteroatoms. The summed E-state index contributed by atoms with van der Waals surface area (Å²) in [7, 11) is -5.91. The number of benzene rings is 2. The largest absolute Gasteiger partial charge is 0.480 e. The van der Waals surface area contributed by atoms with Crippen molar-refractivity contribution in [3.63, 3.8) is 0 Å². The van der Waals surface area contributed by atoms with Crippen molar-refractivity contribution in [1.29, 1.82) is 0 Å². The van der Waals surface area contributed by atoms with Gasteiger partial charge >= 0.3 is 5.97 Å². The lowest BCUT2D eigenvalue weighted by Crippen LogP contribution is -2.41. The molecule has 2 aromatic rings. The van der Waals surface area contributed by atoms with E-state index in [0.29, 0.717) is 36.3 Å². The second-order valence-corrected chi connectivity index (χ2v) is 16.8. The van der Waals surface area contributed by atoms with Gasteiger partial charge in [-0.1, -0.05) is 41.9 Å². The fourth-order valence-electron chi connectivity index (χ4n) is 5.11. The van der Waals surface area contributed by atoms with Gasteiger partial charge in [-0.3, -0.25) is 14.2 Å². The number of carbonyl (C=O) groups is 3. The number of hydrogen-bond acceptors (Lipinski definition) is 9. The Morgan fingerprint density at radius 1 is 1.18 bits per heavy atom. The standard InChI is InChI=1S/C28H37ClN5O8PS2/c1-33-25(16-26(35)30-11-5-6-13-43(39,40)18-27(36)34-12-7-10-22(34)28(37)38)32-21-14-20(29)24(15-23(21)44-33)45(41,42)31-17-19-8-3-2-4-9-19/h2-4,8-9,14-15,22,25,31-32H,5-7,10-13,16-18H2,1H3,(H,30,35)(H,37,38)(H,39,40)/t22?,25-/m0/s1. The summed E-state index contributed by atoms with van der Waals surface area (Å²) >= 11 is 7.67. The van der Waals surface area contributed by atoms with Gasteiger partial charge in [0.15, 0.2) is 0 Å². The zero-order valence-electron chi connectivity index (χ0n) is 24.6. The average Bonchev–Trinajstić information content (AvgIpc) is 3.48. The minimum atomic E-state index is -3.89. The van der Waals surface area contributed by atoms with E-state index in [1.165, 1.54) is 24.1 Å². The smallest absolute Gasteiger partial charge is 0.326 e. The van der Waals surface area contributed by atoms with Crippen molar-refractivity contribution in [3.8, 4) is 0 Å². The maximum atomic E-state index is 13.0. The van der Waals surface area contributed by atoms with Gasteiger partial charge in [0, 0.05) is 30.7 Å². The number of carbonyl (C=O) groups excluding carboxylic acids is 2. The number of aliphatic carboxylic acids is 1. The van der Waals surface area contributed by atoms with Crippen molar-refractivity contribution in [2.24, 2.45) is 0 Å². The van der Waals surface area contributed by atoms with Crippen LogP contribution < -0.4 is 15.4 Å². The van der Waals surface area contributed by atoms with Crippen molar-refractivity contribution in [1.82, 2.24) is 19.2 Å². The molecule has 1 saturated heterocycles. The van der Waals surface area contributed by atoms with Crippen LogP contribution in [0.2, 0.25) is 5.02 Å².